The number of anilines is 3. The molecule has 1 aromatic carbocycles. The summed E-state index contributed by atoms with van der Waals surface area (Å²) < 4.78 is 5.36. The van der Waals surface area contributed by atoms with Crippen LogP contribution in [0.5, 0.6) is 5.75 Å². The molecule has 1 aliphatic rings. The van der Waals surface area contributed by atoms with Gasteiger partial charge in [0, 0.05) is 12.1 Å². The Kier molecular flexibility index (Phi) is 3.41. The second-order valence-electron chi connectivity index (χ2n) is 5.04. The minimum Gasteiger partial charge on any atom is -0.495 e. The molecule has 2 aromatic rings. The molecule has 104 valence electrons. The fourth-order valence-corrected chi connectivity index (χ4v) is 2.00. The van der Waals surface area contributed by atoms with Crippen LogP contribution in [-0.2, 0) is 0 Å². The summed E-state index contributed by atoms with van der Waals surface area (Å²) in [5, 5.41) is 6.64. The number of nitrogens with zero attached hydrogens (tertiary/aromatic N) is 2. The van der Waals surface area contributed by atoms with Crippen LogP contribution in [0.15, 0.2) is 30.6 Å². The summed E-state index contributed by atoms with van der Waals surface area (Å²) in [6, 6.07) is 8.49. The number of nitrogens with one attached hydrogen (secondary N) is 2. The highest BCUT2D eigenvalue weighted by Gasteiger charge is 2.21. The average Bonchev–Trinajstić information content (AvgIpc) is 3.23. The molecule has 0 amide bonds. The molecule has 1 aromatic heterocycles. The van der Waals surface area contributed by atoms with Crippen molar-refractivity contribution in [2.45, 2.75) is 25.8 Å². The quantitative estimate of drug-likeness (QED) is 0.874. The Bertz CT molecular complexity index is 611. The number of hydrogen-bond donors (Lipinski definition) is 2. The van der Waals surface area contributed by atoms with Crippen molar-refractivity contribution in [1.82, 2.24) is 9.97 Å². The number of aryl methyl sites for hydroxylation is 1. The van der Waals surface area contributed by atoms with Crippen LogP contribution in [0.4, 0.5) is 17.3 Å². The van der Waals surface area contributed by atoms with E-state index in [4.69, 9.17) is 4.74 Å². The molecular formula is C15H18N4O. The maximum absolute atomic E-state index is 5.36. The van der Waals surface area contributed by atoms with E-state index in [0.717, 1.165) is 23.1 Å². The summed E-state index contributed by atoms with van der Waals surface area (Å²) in [6.45, 7) is 2.05. The molecule has 0 atom stereocenters. The van der Waals surface area contributed by atoms with Gasteiger partial charge in [-0.2, -0.15) is 0 Å². The van der Waals surface area contributed by atoms with Crippen LogP contribution < -0.4 is 15.4 Å². The third-order valence-corrected chi connectivity index (χ3v) is 3.21. The van der Waals surface area contributed by atoms with Crippen molar-refractivity contribution in [2.24, 2.45) is 0 Å². The molecule has 5 heteroatoms. The van der Waals surface area contributed by atoms with Crippen LogP contribution in [0.1, 0.15) is 18.4 Å². The number of hydrogen-bond acceptors (Lipinski definition) is 5. The van der Waals surface area contributed by atoms with Crippen LogP contribution in [0.2, 0.25) is 0 Å². The van der Waals surface area contributed by atoms with Crippen molar-refractivity contribution in [1.29, 1.82) is 0 Å². The van der Waals surface area contributed by atoms with Crippen LogP contribution in [0.25, 0.3) is 0 Å². The molecular weight excluding hydrogens is 252 g/mol. The summed E-state index contributed by atoms with van der Waals surface area (Å²) >= 11 is 0. The molecule has 1 saturated carbocycles. The molecule has 0 radical (unpaired) electrons. The highest BCUT2D eigenvalue weighted by atomic mass is 16.5. The highest BCUT2D eigenvalue weighted by molar-refractivity contribution is 5.66. The molecule has 20 heavy (non-hydrogen) atoms. The van der Waals surface area contributed by atoms with E-state index in [1.807, 2.05) is 31.2 Å². The second-order valence-corrected chi connectivity index (χ2v) is 5.04. The van der Waals surface area contributed by atoms with E-state index in [1.165, 1.54) is 18.4 Å². The van der Waals surface area contributed by atoms with Crippen LogP contribution in [0.3, 0.4) is 0 Å². The second kappa shape index (κ2) is 5.36. The maximum atomic E-state index is 5.36. The first-order valence-electron chi connectivity index (χ1n) is 6.75. The number of benzene rings is 1. The first-order valence-corrected chi connectivity index (χ1v) is 6.75. The zero-order chi connectivity index (χ0) is 13.9. The molecule has 1 heterocycles. The Morgan fingerprint density at radius 2 is 1.95 bits per heavy atom. The van der Waals surface area contributed by atoms with Crippen molar-refractivity contribution in [3.8, 4) is 5.75 Å². The molecule has 2 N–H and O–H groups in total. The predicted molar refractivity (Wildman–Crippen MR) is 79.7 cm³/mol. The first kappa shape index (κ1) is 12.7. The molecule has 1 fully saturated rings. The minimum absolute atomic E-state index is 0.575. The van der Waals surface area contributed by atoms with Gasteiger partial charge >= 0.3 is 0 Å². The van der Waals surface area contributed by atoms with Gasteiger partial charge < -0.3 is 15.4 Å². The summed E-state index contributed by atoms with van der Waals surface area (Å²) in [4.78, 5) is 8.48. The van der Waals surface area contributed by atoms with Crippen molar-refractivity contribution in [3.05, 3.63) is 36.2 Å². The van der Waals surface area contributed by atoms with Gasteiger partial charge in [0.15, 0.2) is 0 Å². The standard InChI is InChI=1S/C15H18N4O/c1-10-3-6-13(20-2)12(7-10)19-15-8-14(16-9-17-15)18-11-4-5-11/h3,6-9,11H,4-5H2,1-2H3,(H2,16,17,18,19). The third kappa shape index (κ3) is 2.99. The average molecular weight is 270 g/mol. The lowest BCUT2D eigenvalue weighted by Crippen LogP contribution is -2.04. The zero-order valence-electron chi connectivity index (χ0n) is 11.7. The lowest BCUT2D eigenvalue weighted by Gasteiger charge is -2.12. The maximum Gasteiger partial charge on any atom is 0.142 e. The van der Waals surface area contributed by atoms with Crippen LogP contribution in [-0.4, -0.2) is 23.1 Å². The van der Waals surface area contributed by atoms with Gasteiger partial charge in [-0.05, 0) is 37.5 Å². The lowest BCUT2D eigenvalue weighted by atomic mass is 10.2. The molecule has 0 unspecified atom stereocenters. The lowest BCUT2D eigenvalue weighted by molar-refractivity contribution is 0.416. The Morgan fingerprint density at radius 3 is 2.70 bits per heavy atom. The molecule has 5 nitrogen and oxygen atoms in total. The number of methoxy groups -OCH3 is 1. The Balaban J connectivity index is 1.81. The molecule has 0 spiro atoms. The normalized spacial score (nSPS) is 13.9. The van der Waals surface area contributed by atoms with Gasteiger partial charge in [0.1, 0.15) is 23.7 Å². The minimum atomic E-state index is 0.575. The monoisotopic (exact) mass is 270 g/mol. The topological polar surface area (TPSA) is 59.1 Å². The van der Waals surface area contributed by atoms with Gasteiger partial charge in [0.05, 0.1) is 12.8 Å². The largest absolute Gasteiger partial charge is 0.495 e. The van der Waals surface area contributed by atoms with E-state index < -0.39 is 0 Å². The Hall–Kier alpha value is -2.30. The number of ether oxygens (including phenoxy) is 1. The summed E-state index contributed by atoms with van der Waals surface area (Å²) in [5.74, 6) is 2.41. The SMILES string of the molecule is COc1ccc(C)cc1Nc1cc(NC2CC2)ncn1. The summed E-state index contributed by atoms with van der Waals surface area (Å²) in [5.41, 5.74) is 2.07. The van der Waals surface area contributed by atoms with Gasteiger partial charge in [-0.1, -0.05) is 6.07 Å². The fraction of sp³-hybridized carbons (Fsp3) is 0.333. The molecule has 1 aliphatic carbocycles. The van der Waals surface area contributed by atoms with Crippen LogP contribution in [0, 0.1) is 6.92 Å². The third-order valence-electron chi connectivity index (χ3n) is 3.21. The smallest absolute Gasteiger partial charge is 0.142 e. The van der Waals surface area contributed by atoms with E-state index in [9.17, 15) is 0 Å². The molecule has 3 rings (SSSR count). The Labute approximate surface area is 118 Å². The van der Waals surface area contributed by atoms with E-state index >= 15 is 0 Å². The molecule has 0 saturated heterocycles. The van der Waals surface area contributed by atoms with Gasteiger partial charge in [-0.15, -0.1) is 0 Å². The fourth-order valence-electron chi connectivity index (χ4n) is 2.00. The van der Waals surface area contributed by atoms with Crippen LogP contribution >= 0.6 is 0 Å². The predicted octanol–water partition coefficient (Wildman–Crippen LogP) is 3.11. The van der Waals surface area contributed by atoms with E-state index in [0.29, 0.717) is 6.04 Å². The Morgan fingerprint density at radius 1 is 1.15 bits per heavy atom. The van der Waals surface area contributed by atoms with Crippen molar-refractivity contribution < 1.29 is 4.74 Å². The van der Waals surface area contributed by atoms with Gasteiger partial charge in [0.25, 0.3) is 0 Å². The number of aromatic nitrogens is 2. The summed E-state index contributed by atoms with van der Waals surface area (Å²) in [6.07, 6.45) is 4.01. The van der Waals surface area contributed by atoms with Gasteiger partial charge in [-0.25, -0.2) is 9.97 Å². The van der Waals surface area contributed by atoms with Gasteiger partial charge in [0.2, 0.25) is 0 Å². The van der Waals surface area contributed by atoms with E-state index in [2.05, 4.69) is 20.6 Å². The zero-order valence-corrected chi connectivity index (χ0v) is 11.7. The first-order chi connectivity index (χ1) is 9.74. The van der Waals surface area contributed by atoms with Crippen molar-refractivity contribution in [2.75, 3.05) is 17.7 Å². The highest BCUT2D eigenvalue weighted by Crippen LogP contribution is 2.29. The van der Waals surface area contributed by atoms with E-state index in [1.54, 1.807) is 13.4 Å². The van der Waals surface area contributed by atoms with Crippen molar-refractivity contribution >= 4 is 17.3 Å². The molecule has 0 bridgehead atoms. The summed E-state index contributed by atoms with van der Waals surface area (Å²) in [7, 11) is 1.66. The van der Waals surface area contributed by atoms with E-state index in [-0.39, 0.29) is 0 Å². The number of rotatable bonds is 5. The molecule has 0 aliphatic heterocycles. The van der Waals surface area contributed by atoms with Crippen molar-refractivity contribution in [3.63, 3.8) is 0 Å². The van der Waals surface area contributed by atoms with Gasteiger partial charge in [-0.3, -0.25) is 0 Å².